The maximum Gasteiger partial charge on any atom is 0.182 e. The average Bonchev–Trinajstić information content (AvgIpc) is 2.73. The molecule has 5 heteroatoms. The summed E-state index contributed by atoms with van der Waals surface area (Å²) in [6.45, 7) is 2.03. The molecule has 0 fully saturated rings. The van der Waals surface area contributed by atoms with Gasteiger partial charge in [0.25, 0.3) is 0 Å². The van der Waals surface area contributed by atoms with Gasteiger partial charge in [0.2, 0.25) is 0 Å². The van der Waals surface area contributed by atoms with Gasteiger partial charge in [-0.3, -0.25) is 0 Å². The first-order chi connectivity index (χ1) is 8.63. The molecule has 0 spiro atoms. The highest BCUT2D eigenvalue weighted by Gasteiger charge is 2.09. The minimum absolute atomic E-state index is 0.522. The second kappa shape index (κ2) is 3.99. The lowest BCUT2D eigenvalue weighted by Gasteiger charge is -1.96. The van der Waals surface area contributed by atoms with Gasteiger partial charge in [0, 0.05) is 11.8 Å². The molecule has 2 aromatic heterocycles. The third kappa shape index (κ3) is 1.80. The van der Waals surface area contributed by atoms with Crippen LogP contribution < -0.4 is 5.73 Å². The van der Waals surface area contributed by atoms with Crippen molar-refractivity contribution in [2.45, 2.75) is 6.92 Å². The van der Waals surface area contributed by atoms with E-state index in [9.17, 15) is 0 Å². The number of nitrogens with zero attached hydrogens (tertiary/aromatic N) is 3. The van der Waals surface area contributed by atoms with Crippen LogP contribution in [0.2, 0.25) is 5.02 Å². The van der Waals surface area contributed by atoms with Crippen molar-refractivity contribution in [1.82, 2.24) is 14.6 Å². The quantitative estimate of drug-likeness (QED) is 0.730. The molecule has 3 rings (SSSR count). The maximum absolute atomic E-state index is 5.94. The number of halogens is 1. The topological polar surface area (TPSA) is 56.2 Å². The first-order valence-corrected chi connectivity index (χ1v) is 5.90. The van der Waals surface area contributed by atoms with Gasteiger partial charge in [-0.1, -0.05) is 35.4 Å². The van der Waals surface area contributed by atoms with Crippen LogP contribution in [0.3, 0.4) is 0 Å². The monoisotopic (exact) mass is 258 g/mol. The van der Waals surface area contributed by atoms with E-state index in [0.717, 1.165) is 11.1 Å². The number of aryl methyl sites for hydroxylation is 1. The van der Waals surface area contributed by atoms with Crippen molar-refractivity contribution in [1.29, 1.82) is 0 Å². The summed E-state index contributed by atoms with van der Waals surface area (Å²) in [4.78, 5) is 4.43. The van der Waals surface area contributed by atoms with E-state index in [4.69, 9.17) is 17.3 Å². The minimum atomic E-state index is 0.522. The zero-order valence-electron chi connectivity index (χ0n) is 9.76. The van der Waals surface area contributed by atoms with Crippen molar-refractivity contribution < 1.29 is 0 Å². The van der Waals surface area contributed by atoms with Gasteiger partial charge in [-0.2, -0.15) is 0 Å². The third-order valence-electron chi connectivity index (χ3n) is 2.70. The number of anilines is 1. The summed E-state index contributed by atoms with van der Waals surface area (Å²) in [7, 11) is 0. The Hall–Kier alpha value is -2.07. The number of nitrogen functional groups attached to an aromatic ring is 1. The lowest BCUT2D eigenvalue weighted by Crippen LogP contribution is -1.93. The van der Waals surface area contributed by atoms with Crippen molar-refractivity contribution in [2.75, 3.05) is 5.73 Å². The zero-order chi connectivity index (χ0) is 12.7. The van der Waals surface area contributed by atoms with Crippen LogP contribution in [0.5, 0.6) is 0 Å². The van der Waals surface area contributed by atoms with Crippen molar-refractivity contribution in [3.05, 3.63) is 47.1 Å². The number of hydrogen-bond donors (Lipinski definition) is 1. The van der Waals surface area contributed by atoms with E-state index in [1.807, 2.05) is 31.2 Å². The minimum Gasteiger partial charge on any atom is -0.396 e. The Morgan fingerprint density at radius 3 is 2.89 bits per heavy atom. The largest absolute Gasteiger partial charge is 0.396 e. The van der Waals surface area contributed by atoms with E-state index in [1.54, 1.807) is 16.8 Å². The van der Waals surface area contributed by atoms with Gasteiger partial charge in [-0.15, -0.1) is 5.10 Å². The highest BCUT2D eigenvalue weighted by Crippen LogP contribution is 2.22. The zero-order valence-corrected chi connectivity index (χ0v) is 10.5. The number of pyridine rings is 1. The SMILES string of the molecule is Cc1cccc(-c2nc3c(N)cc(Cl)cn3n2)c1. The van der Waals surface area contributed by atoms with Crippen LogP contribution in [-0.2, 0) is 0 Å². The number of fused-ring (bicyclic) bond motifs is 1. The molecule has 2 N–H and O–H groups in total. The summed E-state index contributed by atoms with van der Waals surface area (Å²) < 4.78 is 1.61. The molecule has 0 radical (unpaired) electrons. The molecule has 0 saturated heterocycles. The van der Waals surface area contributed by atoms with E-state index in [2.05, 4.69) is 10.1 Å². The molecule has 4 nitrogen and oxygen atoms in total. The molecular weight excluding hydrogens is 248 g/mol. The van der Waals surface area contributed by atoms with Crippen molar-refractivity contribution >= 4 is 22.9 Å². The van der Waals surface area contributed by atoms with Gasteiger partial charge in [-0.25, -0.2) is 9.50 Å². The highest BCUT2D eigenvalue weighted by molar-refractivity contribution is 6.30. The first-order valence-electron chi connectivity index (χ1n) is 5.52. The predicted molar refractivity (Wildman–Crippen MR) is 72.6 cm³/mol. The molecule has 1 aromatic carbocycles. The number of nitrogens with two attached hydrogens (primary N) is 1. The molecule has 90 valence electrons. The molecule has 0 saturated carbocycles. The van der Waals surface area contributed by atoms with Crippen LogP contribution in [0.25, 0.3) is 17.0 Å². The lowest BCUT2D eigenvalue weighted by molar-refractivity contribution is 0.967. The van der Waals surface area contributed by atoms with Crippen LogP contribution in [-0.4, -0.2) is 14.6 Å². The molecule has 0 atom stereocenters. The van der Waals surface area contributed by atoms with Crippen LogP contribution >= 0.6 is 11.6 Å². The summed E-state index contributed by atoms with van der Waals surface area (Å²) in [6, 6.07) is 9.69. The number of hydrogen-bond acceptors (Lipinski definition) is 3. The second-order valence-electron chi connectivity index (χ2n) is 4.19. The first kappa shape index (κ1) is 11.0. The van der Waals surface area contributed by atoms with Crippen molar-refractivity contribution in [2.24, 2.45) is 0 Å². The third-order valence-corrected chi connectivity index (χ3v) is 2.91. The van der Waals surface area contributed by atoms with Gasteiger partial charge in [-0.05, 0) is 19.1 Å². The molecule has 0 unspecified atom stereocenters. The maximum atomic E-state index is 5.94. The smallest absolute Gasteiger partial charge is 0.182 e. The van der Waals surface area contributed by atoms with Crippen LogP contribution in [0.1, 0.15) is 5.56 Å². The van der Waals surface area contributed by atoms with E-state index in [-0.39, 0.29) is 0 Å². The van der Waals surface area contributed by atoms with Crippen molar-refractivity contribution in [3.63, 3.8) is 0 Å². The molecular formula is C13H11ClN4. The summed E-state index contributed by atoms with van der Waals surface area (Å²) in [6.07, 6.45) is 1.69. The summed E-state index contributed by atoms with van der Waals surface area (Å²) in [5.41, 5.74) is 9.15. The Morgan fingerprint density at radius 2 is 2.11 bits per heavy atom. The number of benzene rings is 1. The van der Waals surface area contributed by atoms with Crippen LogP contribution in [0.15, 0.2) is 36.5 Å². The van der Waals surface area contributed by atoms with Crippen molar-refractivity contribution in [3.8, 4) is 11.4 Å². The lowest BCUT2D eigenvalue weighted by atomic mass is 10.1. The molecule has 0 amide bonds. The van der Waals surface area contributed by atoms with E-state index < -0.39 is 0 Å². The number of rotatable bonds is 1. The fraction of sp³-hybridized carbons (Fsp3) is 0.0769. The highest BCUT2D eigenvalue weighted by atomic mass is 35.5. The fourth-order valence-electron chi connectivity index (χ4n) is 1.88. The summed E-state index contributed by atoms with van der Waals surface area (Å²) in [5, 5.41) is 4.93. The fourth-order valence-corrected chi connectivity index (χ4v) is 2.09. The molecule has 2 heterocycles. The Bertz CT molecular complexity index is 733. The van der Waals surface area contributed by atoms with Gasteiger partial charge in [0.1, 0.15) is 0 Å². The van der Waals surface area contributed by atoms with Crippen LogP contribution in [0, 0.1) is 6.92 Å². The average molecular weight is 259 g/mol. The van der Waals surface area contributed by atoms with E-state index in [1.165, 1.54) is 0 Å². The molecule has 3 aromatic rings. The van der Waals surface area contributed by atoms with Gasteiger partial charge < -0.3 is 5.73 Å². The van der Waals surface area contributed by atoms with Gasteiger partial charge in [0.15, 0.2) is 11.5 Å². The summed E-state index contributed by atoms with van der Waals surface area (Å²) >= 11 is 5.94. The van der Waals surface area contributed by atoms with E-state index in [0.29, 0.717) is 22.2 Å². The summed E-state index contributed by atoms with van der Waals surface area (Å²) in [5.74, 6) is 0.646. The number of aromatic nitrogens is 3. The van der Waals surface area contributed by atoms with Crippen LogP contribution in [0.4, 0.5) is 5.69 Å². The Kier molecular flexibility index (Phi) is 2.45. The van der Waals surface area contributed by atoms with E-state index >= 15 is 0 Å². The molecule has 18 heavy (non-hydrogen) atoms. The predicted octanol–water partition coefficient (Wildman–Crippen LogP) is 2.94. The molecule has 0 aliphatic carbocycles. The molecule has 0 aliphatic heterocycles. The second-order valence-corrected chi connectivity index (χ2v) is 4.62. The van der Waals surface area contributed by atoms with Gasteiger partial charge in [0.05, 0.1) is 10.7 Å². The Labute approximate surface area is 109 Å². The standard InChI is InChI=1S/C13H11ClN4/c1-8-3-2-4-9(5-8)12-16-13-11(15)6-10(14)7-18(13)17-12/h2-7H,15H2,1H3. The molecule has 0 bridgehead atoms. The normalized spacial score (nSPS) is 11.0. The van der Waals surface area contributed by atoms with Gasteiger partial charge >= 0.3 is 0 Å². The Balaban J connectivity index is 2.22. The Morgan fingerprint density at radius 1 is 1.28 bits per heavy atom. The molecule has 0 aliphatic rings.